The Morgan fingerprint density at radius 2 is 1.05 bits per heavy atom. The van der Waals surface area contributed by atoms with Crippen molar-refractivity contribution in [1.29, 1.82) is 0 Å². The Kier molecular flexibility index (Phi) is 10.7. The maximum absolute atomic E-state index is 11.3. The lowest BCUT2D eigenvalue weighted by molar-refractivity contribution is -0.314. The van der Waals surface area contributed by atoms with Gasteiger partial charge in [0.1, 0.15) is 24.4 Å². The van der Waals surface area contributed by atoms with E-state index in [0.717, 1.165) is 16.7 Å². The molecule has 1 unspecified atom stereocenters. The molecule has 7 heteroatoms. The molecule has 0 aliphatic carbocycles. The van der Waals surface area contributed by atoms with E-state index in [0.29, 0.717) is 26.4 Å². The van der Waals surface area contributed by atoms with Crippen molar-refractivity contribution in [2.24, 2.45) is 0 Å². The predicted molar refractivity (Wildman–Crippen MR) is 159 cm³/mol. The number of aliphatic hydroxyl groups is 1. The van der Waals surface area contributed by atoms with Gasteiger partial charge in [0.15, 0.2) is 14.6 Å². The molecule has 1 N–H and O–H groups in total. The largest absolute Gasteiger partial charge is 0.414 e. The molecule has 5 atom stereocenters. The van der Waals surface area contributed by atoms with Crippen LogP contribution in [0.1, 0.15) is 37.5 Å². The molecule has 0 aromatic heterocycles. The highest BCUT2D eigenvalue weighted by molar-refractivity contribution is 6.74. The highest BCUT2D eigenvalue weighted by Crippen LogP contribution is 2.38. The second-order valence-electron chi connectivity index (χ2n) is 11.9. The highest BCUT2D eigenvalue weighted by Gasteiger charge is 2.49. The molecule has 0 spiro atoms. The molecule has 1 saturated heterocycles. The van der Waals surface area contributed by atoms with Gasteiger partial charge in [0.25, 0.3) is 0 Å². The molecule has 40 heavy (non-hydrogen) atoms. The van der Waals surface area contributed by atoms with Crippen LogP contribution in [0.2, 0.25) is 18.1 Å². The number of hydrogen-bond donors (Lipinski definition) is 1. The van der Waals surface area contributed by atoms with Gasteiger partial charge in [-0.15, -0.1) is 0 Å². The number of ether oxygens (including phenoxy) is 4. The molecule has 0 amide bonds. The molecule has 1 aliphatic rings. The van der Waals surface area contributed by atoms with Crippen molar-refractivity contribution in [1.82, 2.24) is 0 Å². The van der Waals surface area contributed by atoms with Crippen molar-refractivity contribution in [2.45, 2.75) is 89.4 Å². The summed E-state index contributed by atoms with van der Waals surface area (Å²) in [6.45, 7) is 12.4. The van der Waals surface area contributed by atoms with E-state index in [4.69, 9.17) is 23.4 Å². The van der Waals surface area contributed by atoms with Crippen LogP contribution in [-0.2, 0) is 43.2 Å². The molecule has 1 heterocycles. The maximum atomic E-state index is 11.3. The fourth-order valence-electron chi connectivity index (χ4n) is 4.40. The Bertz CT molecular complexity index is 1140. The van der Waals surface area contributed by atoms with Crippen LogP contribution in [-0.4, -0.2) is 50.7 Å². The molecule has 1 fully saturated rings. The summed E-state index contributed by atoms with van der Waals surface area (Å²) < 4.78 is 32.2. The zero-order chi connectivity index (χ0) is 28.6. The Hall–Kier alpha value is -2.36. The molecule has 6 nitrogen and oxygen atoms in total. The fourth-order valence-corrected chi connectivity index (χ4v) is 5.42. The summed E-state index contributed by atoms with van der Waals surface area (Å²) in [5, 5.41) is 11.3. The van der Waals surface area contributed by atoms with Crippen molar-refractivity contribution in [3.63, 3.8) is 0 Å². The molecule has 4 rings (SSSR count). The molecule has 0 radical (unpaired) electrons. The number of aliphatic hydroxyl groups excluding tert-OH is 1. The lowest BCUT2D eigenvalue weighted by Gasteiger charge is -2.46. The third-order valence-electron chi connectivity index (χ3n) is 7.88. The summed E-state index contributed by atoms with van der Waals surface area (Å²) in [6.07, 6.45) is -3.62. The van der Waals surface area contributed by atoms with Crippen molar-refractivity contribution >= 4 is 8.32 Å². The van der Waals surface area contributed by atoms with Gasteiger partial charge in [-0.25, -0.2) is 0 Å². The second-order valence-corrected chi connectivity index (χ2v) is 16.7. The van der Waals surface area contributed by atoms with Gasteiger partial charge in [0, 0.05) is 0 Å². The minimum Gasteiger partial charge on any atom is -0.414 e. The molecule has 3 aromatic rings. The van der Waals surface area contributed by atoms with E-state index in [-0.39, 0.29) is 5.04 Å². The lowest BCUT2D eigenvalue weighted by atomic mass is 9.98. The number of benzene rings is 3. The van der Waals surface area contributed by atoms with E-state index >= 15 is 0 Å². The topological polar surface area (TPSA) is 66.4 Å². The minimum absolute atomic E-state index is 0.0330. The van der Waals surface area contributed by atoms with Crippen LogP contribution in [0.15, 0.2) is 91.0 Å². The fraction of sp³-hybridized carbons (Fsp3) is 0.455. The van der Waals surface area contributed by atoms with Crippen molar-refractivity contribution in [3.05, 3.63) is 108 Å². The van der Waals surface area contributed by atoms with E-state index < -0.39 is 39.0 Å². The average Bonchev–Trinajstić information content (AvgIpc) is 2.95. The Labute approximate surface area is 240 Å². The summed E-state index contributed by atoms with van der Waals surface area (Å²) in [6, 6.07) is 29.9. The molecule has 216 valence electrons. The van der Waals surface area contributed by atoms with Gasteiger partial charge in [-0.05, 0) is 34.8 Å². The van der Waals surface area contributed by atoms with Crippen molar-refractivity contribution in [3.8, 4) is 0 Å². The van der Waals surface area contributed by atoms with Gasteiger partial charge in [-0.3, -0.25) is 0 Å². The number of rotatable bonds is 12. The summed E-state index contributed by atoms with van der Waals surface area (Å²) in [5.74, 6) is 0. The average molecular weight is 565 g/mol. The molecule has 1 aliphatic heterocycles. The second kappa shape index (κ2) is 14.0. The first kappa shape index (κ1) is 30.6. The lowest BCUT2D eigenvalue weighted by Crippen LogP contribution is -2.61. The van der Waals surface area contributed by atoms with E-state index in [9.17, 15) is 5.11 Å². The summed E-state index contributed by atoms with van der Waals surface area (Å²) in [4.78, 5) is 0. The van der Waals surface area contributed by atoms with Gasteiger partial charge in [0.05, 0.1) is 26.4 Å². The third-order valence-corrected chi connectivity index (χ3v) is 12.4. The normalized spacial score (nSPS) is 23.7. The zero-order valence-electron chi connectivity index (χ0n) is 24.4. The van der Waals surface area contributed by atoms with Crippen molar-refractivity contribution in [2.75, 3.05) is 6.61 Å². The molecule has 0 bridgehead atoms. The van der Waals surface area contributed by atoms with Crippen LogP contribution in [0.4, 0.5) is 0 Å². The van der Waals surface area contributed by atoms with Gasteiger partial charge in [-0.1, -0.05) is 112 Å². The quantitative estimate of drug-likeness (QED) is 0.254. The van der Waals surface area contributed by atoms with Crippen LogP contribution >= 0.6 is 0 Å². The van der Waals surface area contributed by atoms with Crippen LogP contribution < -0.4 is 0 Å². The summed E-state index contributed by atoms with van der Waals surface area (Å²) in [5.41, 5.74) is 3.07. The first-order valence-corrected chi connectivity index (χ1v) is 17.0. The first-order valence-electron chi connectivity index (χ1n) is 14.1. The van der Waals surface area contributed by atoms with Gasteiger partial charge < -0.3 is 28.5 Å². The smallest absolute Gasteiger partial charge is 0.192 e. The minimum atomic E-state index is -2.09. The van der Waals surface area contributed by atoms with E-state index in [1.807, 2.05) is 91.0 Å². The van der Waals surface area contributed by atoms with Gasteiger partial charge in [-0.2, -0.15) is 0 Å². The highest BCUT2D eigenvalue weighted by atomic mass is 28.4. The van der Waals surface area contributed by atoms with E-state index in [1.165, 1.54) is 0 Å². The molecular formula is C33H44O6Si. The van der Waals surface area contributed by atoms with Crippen molar-refractivity contribution < 1.29 is 28.5 Å². The van der Waals surface area contributed by atoms with Gasteiger partial charge >= 0.3 is 0 Å². The van der Waals surface area contributed by atoms with Crippen LogP contribution in [0, 0.1) is 0 Å². The van der Waals surface area contributed by atoms with Crippen LogP contribution in [0.3, 0.4) is 0 Å². The third kappa shape index (κ3) is 8.33. The van der Waals surface area contributed by atoms with Gasteiger partial charge in [0.2, 0.25) is 0 Å². The standard InChI is InChI=1S/C33H44O6Si/c1-33(2,3)40(4,5)38-24-28-29(35-21-25-15-9-6-10-16-25)30(36-22-26-17-11-7-12-18-26)31(32(34)39-28)37-23-27-19-13-8-14-20-27/h6-20,28-32,34H,21-24H2,1-5H3/t28-,29-,30+,31-,32?/m1/s1. The van der Waals surface area contributed by atoms with E-state index in [1.54, 1.807) is 0 Å². The maximum Gasteiger partial charge on any atom is 0.192 e. The zero-order valence-corrected chi connectivity index (χ0v) is 25.4. The van der Waals surface area contributed by atoms with Crippen LogP contribution in [0.25, 0.3) is 0 Å². The van der Waals surface area contributed by atoms with E-state index in [2.05, 4.69) is 33.9 Å². The number of hydrogen-bond acceptors (Lipinski definition) is 6. The Morgan fingerprint density at radius 1 is 0.650 bits per heavy atom. The monoisotopic (exact) mass is 564 g/mol. The van der Waals surface area contributed by atoms with Crippen LogP contribution in [0.5, 0.6) is 0 Å². The summed E-state index contributed by atoms with van der Waals surface area (Å²) in [7, 11) is -2.09. The molecule has 0 saturated carbocycles. The summed E-state index contributed by atoms with van der Waals surface area (Å²) >= 11 is 0. The SMILES string of the molecule is CC(C)(C)[Si](C)(C)OC[C@H]1OC(O)[C@H](OCc2ccccc2)[C@@H](OCc2ccccc2)[C@@H]1OCc1ccccc1. The Morgan fingerprint density at radius 3 is 1.48 bits per heavy atom. The molecule has 3 aromatic carbocycles. The first-order chi connectivity index (χ1) is 19.1. The predicted octanol–water partition coefficient (Wildman–Crippen LogP) is 6.48. The molecular weight excluding hydrogens is 520 g/mol. The Balaban J connectivity index is 1.60.